The Balaban J connectivity index is 1.92. The molecule has 0 unspecified atom stereocenters. The minimum Gasteiger partial charge on any atom is -0.388 e. The number of nitrogens with zero attached hydrogens (tertiary/aromatic N) is 1. The van der Waals surface area contributed by atoms with E-state index in [2.05, 4.69) is 9.72 Å². The first-order valence-corrected chi connectivity index (χ1v) is 5.85. The van der Waals surface area contributed by atoms with Crippen LogP contribution in [0.4, 0.5) is 13.2 Å². The van der Waals surface area contributed by atoms with Gasteiger partial charge in [0, 0.05) is 12.3 Å². The molecule has 1 aliphatic carbocycles. The van der Waals surface area contributed by atoms with Gasteiger partial charge in [-0.2, -0.15) is 0 Å². The number of rotatable bonds is 2. The summed E-state index contributed by atoms with van der Waals surface area (Å²) in [4.78, 5) is 3.56. The second-order valence-corrected chi connectivity index (χ2v) is 4.41. The van der Waals surface area contributed by atoms with Crippen molar-refractivity contribution in [1.82, 2.24) is 4.98 Å². The summed E-state index contributed by atoms with van der Waals surface area (Å²) in [6.07, 6.45) is -1.30. The van der Waals surface area contributed by atoms with Gasteiger partial charge in [0.1, 0.15) is 0 Å². The van der Waals surface area contributed by atoms with Crippen LogP contribution in [0.15, 0.2) is 36.5 Å². The van der Waals surface area contributed by atoms with Crippen molar-refractivity contribution in [2.24, 2.45) is 0 Å². The lowest BCUT2D eigenvalue weighted by molar-refractivity contribution is -0.276. The number of ether oxygens (including phenoxy) is 1. The highest BCUT2D eigenvalue weighted by Crippen LogP contribution is 2.30. The highest BCUT2D eigenvalue weighted by molar-refractivity contribution is 5.66. The van der Waals surface area contributed by atoms with Gasteiger partial charge < -0.3 is 4.74 Å². The third-order valence-corrected chi connectivity index (χ3v) is 3.16. The van der Waals surface area contributed by atoms with Crippen molar-refractivity contribution in [3.05, 3.63) is 47.7 Å². The predicted molar refractivity (Wildman–Crippen MR) is 63.8 cm³/mol. The summed E-state index contributed by atoms with van der Waals surface area (Å²) in [5.41, 5.74) is 4.12. The molecule has 0 fully saturated rings. The van der Waals surface area contributed by atoms with E-state index in [1.54, 1.807) is 6.07 Å². The Kier molecular flexibility index (Phi) is 2.69. The van der Waals surface area contributed by atoms with Gasteiger partial charge in [-0.05, 0) is 41.2 Å². The molecule has 2 aromatic rings. The maximum absolute atomic E-state index is 12.1. The molecule has 0 spiro atoms. The average Bonchev–Trinajstić information content (AvgIpc) is 2.29. The number of hydrogen-bond acceptors (Lipinski definition) is 2. The highest BCUT2D eigenvalue weighted by Gasteiger charge is 2.31. The maximum Gasteiger partial charge on any atom is 0.574 e. The molecule has 0 bridgehead atoms. The molecule has 1 aromatic carbocycles. The standard InChI is InChI=1S/C14H10F3NO/c15-14(16,17)19-13-8-12(5-6-18-13)11-4-2-9-1-3-10(9)7-11/h2,4-8H,1,3H2. The molecule has 0 radical (unpaired) electrons. The quantitative estimate of drug-likeness (QED) is 0.825. The van der Waals surface area contributed by atoms with E-state index in [4.69, 9.17) is 0 Å². The normalized spacial score (nSPS) is 13.6. The molecular formula is C14H10F3NO. The van der Waals surface area contributed by atoms with Crippen LogP contribution in [-0.2, 0) is 12.8 Å². The van der Waals surface area contributed by atoms with Gasteiger partial charge >= 0.3 is 6.36 Å². The van der Waals surface area contributed by atoms with Crippen LogP contribution in [0.1, 0.15) is 11.1 Å². The van der Waals surface area contributed by atoms with E-state index in [9.17, 15) is 13.2 Å². The molecule has 5 heteroatoms. The van der Waals surface area contributed by atoms with E-state index in [1.165, 1.54) is 23.4 Å². The number of fused-ring (bicyclic) bond motifs is 1. The van der Waals surface area contributed by atoms with Gasteiger partial charge in [0.05, 0.1) is 0 Å². The summed E-state index contributed by atoms with van der Waals surface area (Å²) in [6, 6.07) is 8.90. The Morgan fingerprint density at radius 1 is 0.947 bits per heavy atom. The minimum atomic E-state index is -4.72. The lowest BCUT2D eigenvalue weighted by Crippen LogP contribution is -2.17. The van der Waals surface area contributed by atoms with Crippen molar-refractivity contribution in [2.75, 3.05) is 0 Å². The van der Waals surface area contributed by atoms with E-state index in [-0.39, 0.29) is 0 Å². The summed E-state index contributed by atoms with van der Waals surface area (Å²) in [7, 11) is 0. The topological polar surface area (TPSA) is 22.1 Å². The summed E-state index contributed by atoms with van der Waals surface area (Å²) < 4.78 is 40.2. The van der Waals surface area contributed by atoms with Gasteiger partial charge in [-0.15, -0.1) is 13.2 Å². The zero-order chi connectivity index (χ0) is 13.5. The molecule has 0 amide bonds. The van der Waals surface area contributed by atoms with E-state index in [0.29, 0.717) is 5.56 Å². The molecule has 3 rings (SSSR count). The number of hydrogen-bond donors (Lipinski definition) is 0. The summed E-state index contributed by atoms with van der Waals surface area (Å²) >= 11 is 0. The van der Waals surface area contributed by atoms with Gasteiger partial charge in [0.25, 0.3) is 0 Å². The molecule has 0 saturated heterocycles. The molecule has 1 aromatic heterocycles. The lowest BCUT2D eigenvalue weighted by atomic mass is 9.86. The van der Waals surface area contributed by atoms with Crippen LogP contribution in [0, 0.1) is 0 Å². The van der Waals surface area contributed by atoms with Gasteiger partial charge in [-0.25, -0.2) is 4.98 Å². The molecule has 0 atom stereocenters. The Bertz CT molecular complexity index is 622. The Morgan fingerprint density at radius 3 is 2.32 bits per heavy atom. The van der Waals surface area contributed by atoms with Crippen LogP contribution < -0.4 is 4.74 Å². The molecule has 98 valence electrons. The monoisotopic (exact) mass is 265 g/mol. The van der Waals surface area contributed by atoms with Crippen LogP contribution >= 0.6 is 0 Å². The van der Waals surface area contributed by atoms with Crippen molar-refractivity contribution in [3.8, 4) is 17.0 Å². The zero-order valence-electron chi connectivity index (χ0n) is 9.87. The lowest BCUT2D eigenvalue weighted by Gasteiger charge is -2.19. The van der Waals surface area contributed by atoms with Crippen molar-refractivity contribution in [3.63, 3.8) is 0 Å². The van der Waals surface area contributed by atoms with Crippen LogP contribution in [0.25, 0.3) is 11.1 Å². The molecule has 0 N–H and O–H groups in total. The van der Waals surface area contributed by atoms with E-state index >= 15 is 0 Å². The summed E-state index contributed by atoms with van der Waals surface area (Å²) in [5, 5.41) is 0. The number of aryl methyl sites for hydroxylation is 2. The van der Waals surface area contributed by atoms with Crippen LogP contribution in [0.2, 0.25) is 0 Å². The van der Waals surface area contributed by atoms with Crippen molar-refractivity contribution >= 4 is 0 Å². The molecule has 0 saturated carbocycles. The average molecular weight is 265 g/mol. The molecule has 1 heterocycles. The van der Waals surface area contributed by atoms with Crippen LogP contribution in [0.3, 0.4) is 0 Å². The molecular weight excluding hydrogens is 255 g/mol. The highest BCUT2D eigenvalue weighted by atomic mass is 19.4. The first kappa shape index (κ1) is 12.0. The SMILES string of the molecule is FC(F)(F)Oc1cc(-c2ccc3c(c2)CC3)ccn1. The van der Waals surface area contributed by atoms with E-state index < -0.39 is 12.2 Å². The first-order valence-electron chi connectivity index (χ1n) is 5.85. The number of halogens is 3. The number of aromatic nitrogens is 1. The van der Waals surface area contributed by atoms with E-state index in [1.807, 2.05) is 18.2 Å². The van der Waals surface area contributed by atoms with Gasteiger partial charge in [-0.1, -0.05) is 18.2 Å². The fraction of sp³-hybridized carbons (Fsp3) is 0.214. The maximum atomic E-state index is 12.1. The third-order valence-electron chi connectivity index (χ3n) is 3.16. The number of pyridine rings is 1. The number of benzene rings is 1. The zero-order valence-corrected chi connectivity index (χ0v) is 9.87. The molecule has 0 aliphatic heterocycles. The van der Waals surface area contributed by atoms with Crippen molar-refractivity contribution < 1.29 is 17.9 Å². The Morgan fingerprint density at radius 2 is 1.68 bits per heavy atom. The summed E-state index contributed by atoms with van der Waals surface area (Å²) in [6.45, 7) is 0. The molecule has 2 nitrogen and oxygen atoms in total. The molecule has 19 heavy (non-hydrogen) atoms. The predicted octanol–water partition coefficient (Wildman–Crippen LogP) is 3.75. The van der Waals surface area contributed by atoms with Crippen LogP contribution in [0.5, 0.6) is 5.88 Å². The van der Waals surface area contributed by atoms with Crippen LogP contribution in [-0.4, -0.2) is 11.3 Å². The fourth-order valence-corrected chi connectivity index (χ4v) is 2.14. The first-order chi connectivity index (χ1) is 9.01. The van der Waals surface area contributed by atoms with E-state index in [0.717, 1.165) is 18.4 Å². The van der Waals surface area contributed by atoms with Gasteiger partial charge in [0.2, 0.25) is 5.88 Å². The smallest absolute Gasteiger partial charge is 0.388 e. The third kappa shape index (κ3) is 2.54. The molecule has 1 aliphatic rings. The largest absolute Gasteiger partial charge is 0.574 e. The summed E-state index contributed by atoms with van der Waals surface area (Å²) in [5.74, 6) is -0.437. The van der Waals surface area contributed by atoms with Gasteiger partial charge in [-0.3, -0.25) is 0 Å². The van der Waals surface area contributed by atoms with Crippen molar-refractivity contribution in [1.29, 1.82) is 0 Å². The minimum absolute atomic E-state index is 0.437. The second kappa shape index (κ2) is 4.26. The fourth-order valence-electron chi connectivity index (χ4n) is 2.14. The van der Waals surface area contributed by atoms with Gasteiger partial charge in [0.15, 0.2) is 0 Å². The van der Waals surface area contributed by atoms with Crippen molar-refractivity contribution in [2.45, 2.75) is 19.2 Å². The number of alkyl halides is 3. The Labute approximate surface area is 107 Å². The second-order valence-electron chi connectivity index (χ2n) is 4.41. The Hall–Kier alpha value is -2.04.